The summed E-state index contributed by atoms with van der Waals surface area (Å²) in [5, 5.41) is 3.74. The van der Waals surface area contributed by atoms with E-state index in [1.807, 2.05) is 0 Å². The second kappa shape index (κ2) is 7.79. The van der Waals surface area contributed by atoms with Gasteiger partial charge in [-0.05, 0) is 62.9 Å². The Morgan fingerprint density at radius 1 is 1.20 bits per heavy atom. The van der Waals surface area contributed by atoms with E-state index >= 15 is 0 Å². The molecule has 118 valence electrons. The molecule has 1 heterocycles. The number of nitrogens with zero attached hydrogens (tertiary/aromatic N) is 1. The van der Waals surface area contributed by atoms with Crippen LogP contribution in [-0.2, 0) is 0 Å². The monoisotopic (exact) mass is 280 g/mol. The van der Waals surface area contributed by atoms with Crippen molar-refractivity contribution < 1.29 is 0 Å². The van der Waals surface area contributed by atoms with E-state index in [1.165, 1.54) is 77.5 Å². The zero-order valence-electron chi connectivity index (χ0n) is 14.1. The van der Waals surface area contributed by atoms with Gasteiger partial charge in [0.1, 0.15) is 0 Å². The highest BCUT2D eigenvalue weighted by molar-refractivity contribution is 4.90. The molecule has 0 bridgehead atoms. The molecule has 0 aromatic heterocycles. The molecule has 0 radical (unpaired) electrons. The molecule has 2 rings (SSSR count). The fourth-order valence-electron chi connectivity index (χ4n) is 4.61. The Hall–Kier alpha value is -0.0800. The molecule has 1 saturated carbocycles. The Kier molecular flexibility index (Phi) is 6.35. The Bertz CT molecular complexity index is 269. The molecule has 0 aromatic rings. The van der Waals surface area contributed by atoms with E-state index in [2.05, 4.69) is 31.0 Å². The van der Waals surface area contributed by atoms with Gasteiger partial charge >= 0.3 is 0 Å². The summed E-state index contributed by atoms with van der Waals surface area (Å²) in [7, 11) is 0. The number of hydrogen-bond acceptors (Lipinski definition) is 2. The molecule has 1 saturated heterocycles. The third kappa shape index (κ3) is 4.73. The highest BCUT2D eigenvalue weighted by Gasteiger charge is 2.36. The molecule has 0 spiro atoms. The minimum Gasteiger partial charge on any atom is -0.313 e. The first-order valence-corrected chi connectivity index (χ1v) is 9.09. The van der Waals surface area contributed by atoms with Gasteiger partial charge in [0.05, 0.1) is 0 Å². The Morgan fingerprint density at radius 3 is 2.60 bits per heavy atom. The van der Waals surface area contributed by atoms with Gasteiger partial charge in [-0.1, -0.05) is 33.6 Å². The van der Waals surface area contributed by atoms with Crippen LogP contribution in [0.2, 0.25) is 0 Å². The average molecular weight is 280 g/mol. The number of hydrogen-bond donors (Lipinski definition) is 1. The molecule has 2 fully saturated rings. The summed E-state index contributed by atoms with van der Waals surface area (Å²) in [6, 6.07) is 0.751. The Morgan fingerprint density at radius 2 is 1.95 bits per heavy atom. The summed E-state index contributed by atoms with van der Waals surface area (Å²) in [6.45, 7) is 12.3. The van der Waals surface area contributed by atoms with Crippen LogP contribution in [0.25, 0.3) is 0 Å². The first-order chi connectivity index (χ1) is 9.63. The summed E-state index contributed by atoms with van der Waals surface area (Å²) in [6.07, 6.45) is 11.4. The van der Waals surface area contributed by atoms with E-state index in [0.717, 1.165) is 12.0 Å². The fraction of sp³-hybridized carbons (Fsp3) is 1.00. The third-order valence-corrected chi connectivity index (χ3v) is 5.25. The highest BCUT2D eigenvalue weighted by Crippen LogP contribution is 2.44. The lowest BCUT2D eigenvalue weighted by atomic mass is 9.77. The van der Waals surface area contributed by atoms with Gasteiger partial charge in [0.25, 0.3) is 0 Å². The fourth-order valence-corrected chi connectivity index (χ4v) is 4.61. The molecular weight excluding hydrogens is 244 g/mol. The van der Waals surface area contributed by atoms with Crippen molar-refractivity contribution in [2.24, 2.45) is 11.3 Å². The summed E-state index contributed by atoms with van der Waals surface area (Å²) in [4.78, 5) is 2.78. The Labute approximate surface area is 126 Å². The van der Waals surface area contributed by atoms with Crippen molar-refractivity contribution in [1.82, 2.24) is 10.2 Å². The lowest BCUT2D eigenvalue weighted by Gasteiger charge is -2.40. The molecule has 2 heteroatoms. The van der Waals surface area contributed by atoms with Crippen molar-refractivity contribution in [3.63, 3.8) is 0 Å². The SMILES string of the molecule is CCCNC1CCCN(CC2(CC(C)C)CCCC2)C1. The van der Waals surface area contributed by atoms with Crippen LogP contribution in [0.4, 0.5) is 0 Å². The number of piperidine rings is 1. The van der Waals surface area contributed by atoms with Crippen LogP contribution in [0, 0.1) is 11.3 Å². The van der Waals surface area contributed by atoms with Gasteiger partial charge in [-0.2, -0.15) is 0 Å². The summed E-state index contributed by atoms with van der Waals surface area (Å²) < 4.78 is 0. The average Bonchev–Trinajstić information content (AvgIpc) is 2.84. The van der Waals surface area contributed by atoms with Crippen molar-refractivity contribution in [3.05, 3.63) is 0 Å². The van der Waals surface area contributed by atoms with Gasteiger partial charge in [-0.3, -0.25) is 0 Å². The molecule has 1 unspecified atom stereocenters. The topological polar surface area (TPSA) is 15.3 Å². The number of likely N-dealkylation sites (tertiary alicyclic amines) is 1. The molecular formula is C18H36N2. The van der Waals surface area contributed by atoms with E-state index in [9.17, 15) is 0 Å². The maximum atomic E-state index is 3.74. The maximum absolute atomic E-state index is 3.74. The number of nitrogens with one attached hydrogen (secondary N) is 1. The molecule has 1 N–H and O–H groups in total. The first-order valence-electron chi connectivity index (χ1n) is 9.09. The quantitative estimate of drug-likeness (QED) is 0.756. The lowest BCUT2D eigenvalue weighted by Crippen LogP contribution is -2.49. The summed E-state index contributed by atoms with van der Waals surface area (Å²) in [5.74, 6) is 0.854. The molecule has 1 atom stereocenters. The van der Waals surface area contributed by atoms with Gasteiger partial charge in [-0.15, -0.1) is 0 Å². The van der Waals surface area contributed by atoms with Crippen LogP contribution in [0.5, 0.6) is 0 Å². The molecule has 1 aliphatic heterocycles. The minimum absolute atomic E-state index is 0.654. The predicted octanol–water partition coefficient (Wildman–Crippen LogP) is 4.06. The molecule has 20 heavy (non-hydrogen) atoms. The third-order valence-electron chi connectivity index (χ3n) is 5.25. The highest BCUT2D eigenvalue weighted by atomic mass is 15.2. The van der Waals surface area contributed by atoms with E-state index in [1.54, 1.807) is 0 Å². The molecule has 0 amide bonds. The maximum Gasteiger partial charge on any atom is 0.0195 e. The van der Waals surface area contributed by atoms with Crippen molar-refractivity contribution in [2.75, 3.05) is 26.2 Å². The minimum atomic E-state index is 0.654. The van der Waals surface area contributed by atoms with Crippen LogP contribution in [0.15, 0.2) is 0 Å². The van der Waals surface area contributed by atoms with Gasteiger partial charge in [0, 0.05) is 19.1 Å². The first kappa shape index (κ1) is 16.3. The normalized spacial score (nSPS) is 27.3. The summed E-state index contributed by atoms with van der Waals surface area (Å²) >= 11 is 0. The van der Waals surface area contributed by atoms with Gasteiger partial charge in [0.15, 0.2) is 0 Å². The molecule has 2 aliphatic rings. The van der Waals surface area contributed by atoms with Gasteiger partial charge in [-0.25, -0.2) is 0 Å². The zero-order chi connectivity index (χ0) is 14.4. The van der Waals surface area contributed by atoms with E-state index < -0.39 is 0 Å². The molecule has 2 nitrogen and oxygen atoms in total. The standard InChI is InChI=1S/C18H36N2/c1-4-11-19-17-8-7-12-20(14-17)15-18(13-16(2)3)9-5-6-10-18/h16-17,19H,4-15H2,1-3H3. The van der Waals surface area contributed by atoms with Crippen LogP contribution in [-0.4, -0.2) is 37.1 Å². The van der Waals surface area contributed by atoms with Crippen molar-refractivity contribution in [1.29, 1.82) is 0 Å². The van der Waals surface area contributed by atoms with E-state index in [4.69, 9.17) is 0 Å². The largest absolute Gasteiger partial charge is 0.313 e. The van der Waals surface area contributed by atoms with Crippen molar-refractivity contribution >= 4 is 0 Å². The Balaban J connectivity index is 1.86. The number of rotatable bonds is 7. The van der Waals surface area contributed by atoms with Crippen LogP contribution in [0.3, 0.4) is 0 Å². The van der Waals surface area contributed by atoms with Crippen LogP contribution in [0.1, 0.15) is 72.1 Å². The summed E-state index contributed by atoms with van der Waals surface area (Å²) in [5.41, 5.74) is 0.654. The smallest absolute Gasteiger partial charge is 0.0195 e. The predicted molar refractivity (Wildman–Crippen MR) is 88.1 cm³/mol. The van der Waals surface area contributed by atoms with Crippen LogP contribution >= 0.6 is 0 Å². The second-order valence-electron chi connectivity index (χ2n) is 7.83. The van der Waals surface area contributed by atoms with Gasteiger partial charge in [0.2, 0.25) is 0 Å². The van der Waals surface area contributed by atoms with Crippen molar-refractivity contribution in [2.45, 2.75) is 78.2 Å². The van der Waals surface area contributed by atoms with Gasteiger partial charge < -0.3 is 10.2 Å². The van der Waals surface area contributed by atoms with E-state index in [0.29, 0.717) is 5.41 Å². The van der Waals surface area contributed by atoms with E-state index in [-0.39, 0.29) is 0 Å². The lowest BCUT2D eigenvalue weighted by molar-refractivity contribution is 0.0984. The zero-order valence-corrected chi connectivity index (χ0v) is 14.1. The van der Waals surface area contributed by atoms with Crippen molar-refractivity contribution in [3.8, 4) is 0 Å². The second-order valence-corrected chi connectivity index (χ2v) is 7.83. The molecule has 1 aliphatic carbocycles. The van der Waals surface area contributed by atoms with Crippen LogP contribution < -0.4 is 5.32 Å². The molecule has 0 aromatic carbocycles.